The van der Waals surface area contributed by atoms with Crippen LogP contribution in [-0.4, -0.2) is 5.97 Å². The molecule has 4 aromatic carbocycles. The number of benzene rings is 4. The van der Waals surface area contributed by atoms with Gasteiger partial charge in [-0.1, -0.05) is 60.2 Å². The van der Waals surface area contributed by atoms with Crippen molar-refractivity contribution >= 4 is 5.97 Å². The van der Waals surface area contributed by atoms with Crippen molar-refractivity contribution in [2.45, 2.75) is 27.4 Å². The summed E-state index contributed by atoms with van der Waals surface area (Å²) in [6.07, 6.45) is 0. The number of ether oxygens (including phenoxy) is 2. The first-order valence-electron chi connectivity index (χ1n) is 10.7. The van der Waals surface area contributed by atoms with Crippen LogP contribution in [0.1, 0.15) is 32.6 Å². The van der Waals surface area contributed by atoms with Crippen LogP contribution in [0.5, 0.6) is 11.5 Å². The first kappa shape index (κ1) is 21.4. The van der Waals surface area contributed by atoms with Crippen molar-refractivity contribution in [1.82, 2.24) is 0 Å². The van der Waals surface area contributed by atoms with Gasteiger partial charge in [0.2, 0.25) is 0 Å². The Bertz CT molecular complexity index is 1240. The second-order valence-corrected chi connectivity index (χ2v) is 8.04. The van der Waals surface area contributed by atoms with Gasteiger partial charge in [-0.2, -0.15) is 0 Å². The van der Waals surface area contributed by atoms with Crippen LogP contribution in [0.3, 0.4) is 0 Å². The summed E-state index contributed by atoms with van der Waals surface area (Å²) in [7, 11) is 0. The molecule has 0 aliphatic heterocycles. The highest BCUT2D eigenvalue weighted by molar-refractivity contribution is 5.91. The zero-order valence-electron chi connectivity index (χ0n) is 18.6. The molecular formula is C29H26O3. The Labute approximate surface area is 189 Å². The van der Waals surface area contributed by atoms with Crippen molar-refractivity contribution in [1.29, 1.82) is 0 Å². The molecule has 0 unspecified atom stereocenters. The molecule has 0 aromatic heterocycles. The fourth-order valence-corrected chi connectivity index (χ4v) is 3.54. The number of carbonyl (C=O) groups excluding carboxylic acids is 1. The molecule has 0 radical (unpaired) electrons. The molecule has 0 saturated carbocycles. The minimum atomic E-state index is -0.373. The van der Waals surface area contributed by atoms with Gasteiger partial charge in [0, 0.05) is 0 Å². The zero-order chi connectivity index (χ0) is 22.5. The van der Waals surface area contributed by atoms with Crippen LogP contribution in [0.25, 0.3) is 11.1 Å². The van der Waals surface area contributed by atoms with Crippen molar-refractivity contribution in [2.24, 2.45) is 0 Å². The van der Waals surface area contributed by atoms with Crippen LogP contribution in [0, 0.1) is 20.8 Å². The molecule has 0 aliphatic rings. The van der Waals surface area contributed by atoms with Gasteiger partial charge >= 0.3 is 5.97 Å². The van der Waals surface area contributed by atoms with Crippen LogP contribution in [0.15, 0.2) is 91.0 Å². The summed E-state index contributed by atoms with van der Waals surface area (Å²) in [5.74, 6) is 1.03. The lowest BCUT2D eigenvalue weighted by Gasteiger charge is -2.11. The monoisotopic (exact) mass is 422 g/mol. The molecule has 0 aliphatic carbocycles. The molecule has 0 saturated heterocycles. The van der Waals surface area contributed by atoms with Crippen molar-refractivity contribution in [3.8, 4) is 22.6 Å². The minimum Gasteiger partial charge on any atom is -0.489 e. The van der Waals surface area contributed by atoms with E-state index in [0.29, 0.717) is 17.9 Å². The van der Waals surface area contributed by atoms with Gasteiger partial charge in [-0.25, -0.2) is 4.79 Å². The van der Waals surface area contributed by atoms with E-state index in [9.17, 15) is 4.79 Å². The quantitative estimate of drug-likeness (QED) is 0.246. The SMILES string of the molecule is Cc1cccc(OCc2ccc(C(=O)Oc3ccc(-c4cccc(C)c4)cc3C)cc2)c1. The van der Waals surface area contributed by atoms with Gasteiger partial charge in [0.15, 0.2) is 0 Å². The van der Waals surface area contributed by atoms with E-state index in [1.54, 1.807) is 12.1 Å². The Hall–Kier alpha value is -3.85. The van der Waals surface area contributed by atoms with E-state index < -0.39 is 0 Å². The molecular weight excluding hydrogens is 396 g/mol. The van der Waals surface area contributed by atoms with Gasteiger partial charge < -0.3 is 9.47 Å². The van der Waals surface area contributed by atoms with E-state index in [1.807, 2.05) is 74.5 Å². The smallest absolute Gasteiger partial charge is 0.343 e. The third-order valence-electron chi connectivity index (χ3n) is 5.31. The summed E-state index contributed by atoms with van der Waals surface area (Å²) >= 11 is 0. The number of hydrogen-bond donors (Lipinski definition) is 0. The summed E-state index contributed by atoms with van der Waals surface area (Å²) in [6.45, 7) is 6.50. The number of aryl methyl sites for hydroxylation is 3. The minimum absolute atomic E-state index is 0.373. The lowest BCUT2D eigenvalue weighted by molar-refractivity contribution is 0.0733. The van der Waals surface area contributed by atoms with Crippen LogP contribution >= 0.6 is 0 Å². The summed E-state index contributed by atoms with van der Waals surface area (Å²) < 4.78 is 11.5. The zero-order valence-corrected chi connectivity index (χ0v) is 18.6. The highest BCUT2D eigenvalue weighted by Crippen LogP contribution is 2.27. The van der Waals surface area contributed by atoms with Crippen molar-refractivity contribution in [3.05, 3.63) is 119 Å². The molecule has 0 heterocycles. The standard InChI is InChI=1S/C29H26O3/c1-20-6-4-8-25(16-20)26-14-15-28(22(3)18-26)32-29(30)24-12-10-23(11-13-24)19-31-27-9-5-7-21(2)17-27/h4-18H,19H2,1-3H3. The van der Waals surface area contributed by atoms with Crippen molar-refractivity contribution in [3.63, 3.8) is 0 Å². The molecule has 0 N–H and O–H groups in total. The topological polar surface area (TPSA) is 35.5 Å². The molecule has 0 atom stereocenters. The normalized spacial score (nSPS) is 10.6. The average Bonchev–Trinajstić information content (AvgIpc) is 2.79. The molecule has 0 bridgehead atoms. The fraction of sp³-hybridized carbons (Fsp3) is 0.138. The van der Waals surface area contributed by atoms with E-state index in [4.69, 9.17) is 9.47 Å². The van der Waals surface area contributed by atoms with Crippen LogP contribution in [0.4, 0.5) is 0 Å². The average molecular weight is 423 g/mol. The molecule has 3 nitrogen and oxygen atoms in total. The third kappa shape index (κ3) is 5.25. The second kappa shape index (κ2) is 9.52. The molecule has 0 spiro atoms. The predicted molar refractivity (Wildman–Crippen MR) is 128 cm³/mol. The molecule has 4 rings (SSSR count). The number of esters is 1. The maximum Gasteiger partial charge on any atom is 0.343 e. The van der Waals surface area contributed by atoms with Crippen LogP contribution in [0.2, 0.25) is 0 Å². The van der Waals surface area contributed by atoms with E-state index in [2.05, 4.69) is 25.1 Å². The summed E-state index contributed by atoms with van der Waals surface area (Å²) in [5, 5.41) is 0. The Morgan fingerprint density at radius 2 is 1.41 bits per heavy atom. The Morgan fingerprint density at radius 1 is 0.719 bits per heavy atom. The number of rotatable bonds is 6. The van der Waals surface area contributed by atoms with Gasteiger partial charge in [0.05, 0.1) is 5.56 Å². The fourth-order valence-electron chi connectivity index (χ4n) is 3.54. The number of carbonyl (C=O) groups is 1. The van der Waals surface area contributed by atoms with E-state index in [1.165, 1.54) is 5.56 Å². The first-order chi connectivity index (χ1) is 15.5. The highest BCUT2D eigenvalue weighted by atomic mass is 16.5. The van der Waals surface area contributed by atoms with Crippen LogP contribution < -0.4 is 9.47 Å². The van der Waals surface area contributed by atoms with Gasteiger partial charge in [0.25, 0.3) is 0 Å². The predicted octanol–water partition coefficient (Wildman–Crippen LogP) is 7.08. The molecule has 4 aromatic rings. The molecule has 32 heavy (non-hydrogen) atoms. The third-order valence-corrected chi connectivity index (χ3v) is 5.31. The van der Waals surface area contributed by atoms with E-state index in [-0.39, 0.29) is 5.97 Å². The van der Waals surface area contributed by atoms with Gasteiger partial charge in [-0.3, -0.25) is 0 Å². The van der Waals surface area contributed by atoms with Crippen molar-refractivity contribution in [2.75, 3.05) is 0 Å². The maximum atomic E-state index is 12.6. The first-order valence-corrected chi connectivity index (χ1v) is 10.7. The highest BCUT2D eigenvalue weighted by Gasteiger charge is 2.11. The summed E-state index contributed by atoms with van der Waals surface area (Å²) in [5.41, 5.74) is 7.03. The van der Waals surface area contributed by atoms with Gasteiger partial charge in [-0.15, -0.1) is 0 Å². The second-order valence-electron chi connectivity index (χ2n) is 8.04. The molecule has 0 amide bonds. The number of hydrogen-bond acceptors (Lipinski definition) is 3. The van der Waals surface area contributed by atoms with Crippen molar-refractivity contribution < 1.29 is 14.3 Å². The van der Waals surface area contributed by atoms with Crippen LogP contribution in [-0.2, 0) is 6.61 Å². The lowest BCUT2D eigenvalue weighted by atomic mass is 10.0. The van der Waals surface area contributed by atoms with Gasteiger partial charge in [0.1, 0.15) is 18.1 Å². The lowest BCUT2D eigenvalue weighted by Crippen LogP contribution is -2.09. The molecule has 3 heteroatoms. The largest absolute Gasteiger partial charge is 0.489 e. The van der Waals surface area contributed by atoms with Gasteiger partial charge in [-0.05, 0) is 85.0 Å². The van der Waals surface area contributed by atoms with E-state index in [0.717, 1.165) is 33.6 Å². The Morgan fingerprint density at radius 3 is 2.09 bits per heavy atom. The molecule has 160 valence electrons. The van der Waals surface area contributed by atoms with E-state index >= 15 is 0 Å². The summed E-state index contributed by atoms with van der Waals surface area (Å²) in [4.78, 5) is 12.6. The summed E-state index contributed by atoms with van der Waals surface area (Å²) in [6, 6.07) is 29.5. The Balaban J connectivity index is 1.40. The Kier molecular flexibility index (Phi) is 6.37. The maximum absolute atomic E-state index is 12.6. The molecule has 0 fully saturated rings.